The summed E-state index contributed by atoms with van der Waals surface area (Å²) in [5, 5.41) is 16.5. The van der Waals surface area contributed by atoms with Crippen molar-refractivity contribution in [1.29, 1.82) is 5.26 Å². The number of hydrogen-bond donors (Lipinski definition) is 1. The maximum absolute atomic E-state index is 13.1. The lowest BCUT2D eigenvalue weighted by Gasteiger charge is -2.20. The first kappa shape index (κ1) is 26.4. The molecule has 0 aliphatic rings. The van der Waals surface area contributed by atoms with Crippen LogP contribution >= 0.6 is 0 Å². The van der Waals surface area contributed by atoms with Gasteiger partial charge in [-0.1, -0.05) is 62.3 Å². The molecule has 2 amide bonds. The Bertz CT molecular complexity index is 1520. The summed E-state index contributed by atoms with van der Waals surface area (Å²) < 4.78 is 5.40. The van der Waals surface area contributed by atoms with Gasteiger partial charge in [-0.3, -0.25) is 9.59 Å². The minimum absolute atomic E-state index is 0.135. The third-order valence-corrected chi connectivity index (χ3v) is 6.29. The van der Waals surface area contributed by atoms with E-state index in [2.05, 4.69) is 16.5 Å². The van der Waals surface area contributed by atoms with E-state index in [1.54, 1.807) is 36.2 Å². The molecule has 0 bridgehead atoms. The molecule has 0 unspecified atom stereocenters. The first-order chi connectivity index (χ1) is 18.0. The molecule has 1 heterocycles. The molecule has 0 radical (unpaired) electrons. The number of benzene rings is 3. The number of carbonyl (C=O) groups excluding carboxylic acids is 2. The smallest absolute Gasteiger partial charge is 0.292 e. The topological polar surface area (TPSA) is 99.2 Å². The van der Waals surface area contributed by atoms with Crippen LogP contribution in [0.1, 0.15) is 63.9 Å². The van der Waals surface area contributed by atoms with Crippen molar-refractivity contribution in [3.8, 4) is 17.3 Å². The number of nitrogens with zero attached hydrogens (tertiary/aromatic N) is 3. The molecular weight excluding hydrogens is 476 g/mol. The van der Waals surface area contributed by atoms with Crippen LogP contribution in [0.3, 0.4) is 0 Å². The summed E-state index contributed by atoms with van der Waals surface area (Å²) in [5.74, 6) is -0.460. The Hall–Kier alpha value is -4.70. The summed E-state index contributed by atoms with van der Waals surface area (Å²) in [6, 6.07) is 24.1. The van der Waals surface area contributed by atoms with Crippen LogP contribution < -0.4 is 5.32 Å². The fourth-order valence-corrected chi connectivity index (χ4v) is 4.06. The Morgan fingerprint density at radius 1 is 1.03 bits per heavy atom. The molecule has 3 aromatic carbocycles. The molecule has 7 nitrogen and oxygen atoms in total. The number of amides is 2. The van der Waals surface area contributed by atoms with Crippen LogP contribution in [0.15, 0.2) is 77.3 Å². The first-order valence-corrected chi connectivity index (χ1v) is 12.3. The second kappa shape index (κ2) is 10.7. The molecule has 0 aliphatic heterocycles. The molecule has 0 spiro atoms. The zero-order chi connectivity index (χ0) is 27.4. The highest BCUT2D eigenvalue weighted by Crippen LogP contribution is 2.28. The molecule has 1 aromatic heterocycles. The maximum Gasteiger partial charge on any atom is 0.292 e. The number of anilines is 1. The lowest BCUT2D eigenvalue weighted by atomic mass is 9.85. The Morgan fingerprint density at radius 2 is 1.76 bits per heavy atom. The molecule has 1 N–H and O–H groups in total. The summed E-state index contributed by atoms with van der Waals surface area (Å²) in [6.45, 7) is 8.47. The third-order valence-electron chi connectivity index (χ3n) is 6.29. The number of rotatable bonds is 6. The van der Waals surface area contributed by atoms with Crippen LogP contribution in [0.4, 0.5) is 5.69 Å². The van der Waals surface area contributed by atoms with E-state index in [0.29, 0.717) is 29.1 Å². The Labute approximate surface area is 222 Å². The second-order valence-corrected chi connectivity index (χ2v) is 10.4. The number of nitrogens with one attached hydrogen (secondary N) is 1. The van der Waals surface area contributed by atoms with Gasteiger partial charge in [-0.05, 0) is 59.4 Å². The third kappa shape index (κ3) is 5.98. The first-order valence-electron chi connectivity index (χ1n) is 12.3. The van der Waals surface area contributed by atoms with Gasteiger partial charge in [0, 0.05) is 36.5 Å². The van der Waals surface area contributed by atoms with Crippen molar-refractivity contribution in [2.24, 2.45) is 0 Å². The Kier molecular flexibility index (Phi) is 7.45. The van der Waals surface area contributed by atoms with Crippen molar-refractivity contribution in [2.75, 3.05) is 12.4 Å². The lowest BCUT2D eigenvalue weighted by Crippen LogP contribution is -2.25. The summed E-state index contributed by atoms with van der Waals surface area (Å²) in [5.41, 5.74) is 5.25. The van der Waals surface area contributed by atoms with Gasteiger partial charge in [0.05, 0.1) is 11.6 Å². The van der Waals surface area contributed by atoms with Crippen molar-refractivity contribution < 1.29 is 14.1 Å². The predicted octanol–water partition coefficient (Wildman–Crippen LogP) is 6.34. The minimum atomic E-state index is -0.319. The average molecular weight is 507 g/mol. The normalized spacial score (nSPS) is 11.1. The van der Waals surface area contributed by atoms with Crippen molar-refractivity contribution in [3.05, 3.63) is 106 Å². The largest absolute Gasteiger partial charge is 0.350 e. The van der Waals surface area contributed by atoms with Gasteiger partial charge < -0.3 is 14.7 Å². The van der Waals surface area contributed by atoms with Crippen molar-refractivity contribution in [1.82, 2.24) is 10.1 Å². The number of hydrogen-bond acceptors (Lipinski definition) is 5. The number of aryl methyl sites for hydroxylation is 1. The molecule has 0 saturated carbocycles. The molecule has 192 valence electrons. The summed E-state index contributed by atoms with van der Waals surface area (Å²) in [4.78, 5) is 27.6. The van der Waals surface area contributed by atoms with Gasteiger partial charge >= 0.3 is 0 Å². The summed E-state index contributed by atoms with van der Waals surface area (Å²) >= 11 is 0. The molecule has 0 aliphatic carbocycles. The van der Waals surface area contributed by atoms with E-state index in [4.69, 9.17) is 4.52 Å². The van der Waals surface area contributed by atoms with Crippen molar-refractivity contribution >= 4 is 17.5 Å². The van der Waals surface area contributed by atoms with E-state index in [1.807, 2.05) is 76.2 Å². The van der Waals surface area contributed by atoms with Crippen LogP contribution in [-0.4, -0.2) is 28.9 Å². The van der Waals surface area contributed by atoms with Crippen LogP contribution in [0.5, 0.6) is 0 Å². The van der Waals surface area contributed by atoms with E-state index >= 15 is 0 Å². The van der Waals surface area contributed by atoms with E-state index in [-0.39, 0.29) is 23.0 Å². The van der Waals surface area contributed by atoms with Crippen LogP contribution in [-0.2, 0) is 12.0 Å². The zero-order valence-electron chi connectivity index (χ0n) is 22.2. The number of carbonyl (C=O) groups is 2. The molecule has 7 heteroatoms. The molecule has 0 saturated heterocycles. The molecule has 4 rings (SSSR count). The summed E-state index contributed by atoms with van der Waals surface area (Å²) in [6.07, 6.45) is 0. The standard InChI is InChI=1S/C31H30N4O3/c1-20-11-12-25(33-29(36)23-13-22(18-32)14-24(15-23)31(2,3)4)16-26(20)27-17-28(38-34-27)30(37)35(5)19-21-9-7-6-8-10-21/h6-17H,19H2,1-5H3,(H,33,36). The maximum atomic E-state index is 13.1. The number of nitriles is 1. The SMILES string of the molecule is Cc1ccc(NC(=O)c2cc(C#N)cc(C(C)(C)C)c2)cc1-c1cc(C(=O)N(C)Cc2ccccc2)on1. The minimum Gasteiger partial charge on any atom is -0.350 e. The molecular formula is C31H30N4O3. The fraction of sp³-hybridized carbons (Fsp3) is 0.226. The Morgan fingerprint density at radius 3 is 2.45 bits per heavy atom. The molecule has 0 fully saturated rings. The van der Waals surface area contributed by atoms with Crippen molar-refractivity contribution in [2.45, 2.75) is 39.7 Å². The van der Waals surface area contributed by atoms with Gasteiger partial charge in [-0.15, -0.1) is 0 Å². The monoisotopic (exact) mass is 506 g/mol. The highest BCUT2D eigenvalue weighted by atomic mass is 16.5. The highest BCUT2D eigenvalue weighted by molar-refractivity contribution is 6.05. The van der Waals surface area contributed by atoms with Crippen LogP contribution in [0, 0.1) is 18.3 Å². The van der Waals surface area contributed by atoms with E-state index in [0.717, 1.165) is 22.3 Å². The predicted molar refractivity (Wildman–Crippen MR) is 147 cm³/mol. The lowest BCUT2D eigenvalue weighted by molar-refractivity contribution is 0.0743. The molecule has 4 aromatic rings. The van der Waals surface area contributed by atoms with Gasteiger partial charge in [-0.2, -0.15) is 5.26 Å². The molecule has 38 heavy (non-hydrogen) atoms. The highest BCUT2D eigenvalue weighted by Gasteiger charge is 2.21. The molecule has 0 atom stereocenters. The van der Waals surface area contributed by atoms with Gasteiger partial charge in [0.2, 0.25) is 5.76 Å². The quantitative estimate of drug-likeness (QED) is 0.329. The van der Waals surface area contributed by atoms with Gasteiger partial charge in [0.25, 0.3) is 11.8 Å². The Balaban J connectivity index is 1.54. The summed E-state index contributed by atoms with van der Waals surface area (Å²) in [7, 11) is 1.71. The number of aromatic nitrogens is 1. The van der Waals surface area contributed by atoms with E-state index < -0.39 is 0 Å². The van der Waals surface area contributed by atoms with Gasteiger partial charge in [-0.25, -0.2) is 0 Å². The van der Waals surface area contributed by atoms with Gasteiger partial charge in [0.1, 0.15) is 5.69 Å². The van der Waals surface area contributed by atoms with Crippen LogP contribution in [0.25, 0.3) is 11.3 Å². The average Bonchev–Trinajstić information content (AvgIpc) is 3.39. The second-order valence-electron chi connectivity index (χ2n) is 10.4. The van der Waals surface area contributed by atoms with Gasteiger partial charge in [0.15, 0.2) is 0 Å². The van der Waals surface area contributed by atoms with Crippen LogP contribution in [0.2, 0.25) is 0 Å². The van der Waals surface area contributed by atoms with E-state index in [1.165, 1.54) is 0 Å². The van der Waals surface area contributed by atoms with Crippen molar-refractivity contribution in [3.63, 3.8) is 0 Å². The fourth-order valence-electron chi connectivity index (χ4n) is 4.06. The zero-order valence-corrected chi connectivity index (χ0v) is 22.2. The van der Waals surface area contributed by atoms with E-state index in [9.17, 15) is 14.9 Å².